The molecule has 4 nitrogen and oxygen atoms in total. The first kappa shape index (κ1) is 17.6. The van der Waals surface area contributed by atoms with Gasteiger partial charge in [-0.3, -0.25) is 4.79 Å². The summed E-state index contributed by atoms with van der Waals surface area (Å²) in [6.45, 7) is 3.61. The Labute approximate surface area is 142 Å². The van der Waals surface area contributed by atoms with Gasteiger partial charge in [-0.15, -0.1) is 0 Å². The van der Waals surface area contributed by atoms with Gasteiger partial charge in [0.2, 0.25) is 0 Å². The maximum atomic E-state index is 11.6. The monoisotopic (exact) mass is 326 g/mol. The quantitative estimate of drug-likeness (QED) is 0.447. The molecular formula is C20H22O4. The van der Waals surface area contributed by atoms with Crippen LogP contribution in [0.4, 0.5) is 0 Å². The summed E-state index contributed by atoms with van der Waals surface area (Å²) in [5, 5.41) is 0. The van der Waals surface area contributed by atoms with Gasteiger partial charge in [-0.25, -0.2) is 0 Å². The number of rotatable bonds is 6. The standard InChI is InChI=1S/C20H22O4/c1-14(2)20(21)24-17-9-7-15(8-10-17)5-6-16-11-18(22-3)13-19(12-16)23-4/h5-14H,1-4H3/b6-5+. The molecule has 4 heteroatoms. The second kappa shape index (κ2) is 8.20. The predicted octanol–water partition coefficient (Wildman–Crippen LogP) is 4.44. The fourth-order valence-corrected chi connectivity index (χ4v) is 2.00. The number of hydrogen-bond donors (Lipinski definition) is 0. The fraction of sp³-hybridized carbons (Fsp3) is 0.250. The molecule has 0 saturated heterocycles. The highest BCUT2D eigenvalue weighted by molar-refractivity contribution is 5.75. The van der Waals surface area contributed by atoms with Crippen molar-refractivity contribution in [3.05, 3.63) is 53.6 Å². The van der Waals surface area contributed by atoms with E-state index in [0.29, 0.717) is 5.75 Å². The summed E-state index contributed by atoms with van der Waals surface area (Å²) in [5.74, 6) is 1.65. The molecule has 24 heavy (non-hydrogen) atoms. The summed E-state index contributed by atoms with van der Waals surface area (Å²) in [6.07, 6.45) is 3.95. The number of benzene rings is 2. The molecule has 0 aliphatic rings. The van der Waals surface area contributed by atoms with E-state index in [1.165, 1.54) is 0 Å². The second-order valence-corrected chi connectivity index (χ2v) is 5.62. The van der Waals surface area contributed by atoms with Gasteiger partial charge in [0.1, 0.15) is 17.2 Å². The van der Waals surface area contributed by atoms with Crippen LogP contribution in [0.5, 0.6) is 17.2 Å². The minimum absolute atomic E-state index is 0.146. The summed E-state index contributed by atoms with van der Waals surface area (Å²) >= 11 is 0. The van der Waals surface area contributed by atoms with Crippen molar-refractivity contribution in [2.75, 3.05) is 14.2 Å². The molecule has 2 aromatic carbocycles. The van der Waals surface area contributed by atoms with Crippen molar-refractivity contribution in [2.45, 2.75) is 13.8 Å². The number of ether oxygens (including phenoxy) is 3. The zero-order valence-corrected chi connectivity index (χ0v) is 14.4. The minimum atomic E-state index is -0.234. The highest BCUT2D eigenvalue weighted by Crippen LogP contribution is 2.24. The molecular weight excluding hydrogens is 304 g/mol. The van der Waals surface area contributed by atoms with Gasteiger partial charge in [0.05, 0.1) is 20.1 Å². The lowest BCUT2D eigenvalue weighted by atomic mass is 10.1. The maximum Gasteiger partial charge on any atom is 0.313 e. The molecule has 0 heterocycles. The Morgan fingerprint density at radius 1 is 0.833 bits per heavy atom. The van der Waals surface area contributed by atoms with Crippen molar-refractivity contribution in [1.29, 1.82) is 0 Å². The van der Waals surface area contributed by atoms with E-state index in [1.807, 2.05) is 56.3 Å². The number of hydrogen-bond acceptors (Lipinski definition) is 4. The van der Waals surface area contributed by atoms with Crippen LogP contribution in [0.3, 0.4) is 0 Å². The molecule has 0 amide bonds. The Balaban J connectivity index is 2.10. The van der Waals surface area contributed by atoms with Crippen molar-refractivity contribution in [1.82, 2.24) is 0 Å². The summed E-state index contributed by atoms with van der Waals surface area (Å²) < 4.78 is 15.8. The van der Waals surface area contributed by atoms with E-state index in [1.54, 1.807) is 26.4 Å². The third-order valence-electron chi connectivity index (χ3n) is 3.41. The molecule has 0 atom stereocenters. The van der Waals surface area contributed by atoms with Crippen LogP contribution in [-0.4, -0.2) is 20.2 Å². The zero-order valence-electron chi connectivity index (χ0n) is 14.4. The van der Waals surface area contributed by atoms with E-state index in [-0.39, 0.29) is 11.9 Å². The maximum absolute atomic E-state index is 11.6. The van der Waals surface area contributed by atoms with E-state index in [2.05, 4.69) is 0 Å². The van der Waals surface area contributed by atoms with Crippen LogP contribution in [0.15, 0.2) is 42.5 Å². The van der Waals surface area contributed by atoms with Gasteiger partial charge in [-0.1, -0.05) is 38.1 Å². The zero-order chi connectivity index (χ0) is 17.5. The Morgan fingerprint density at radius 3 is 1.88 bits per heavy atom. The van der Waals surface area contributed by atoms with Gasteiger partial charge in [-0.2, -0.15) is 0 Å². The van der Waals surface area contributed by atoms with Crippen molar-refractivity contribution in [3.63, 3.8) is 0 Å². The third-order valence-corrected chi connectivity index (χ3v) is 3.41. The van der Waals surface area contributed by atoms with E-state index in [9.17, 15) is 4.79 Å². The normalized spacial score (nSPS) is 10.9. The topological polar surface area (TPSA) is 44.8 Å². The van der Waals surface area contributed by atoms with Crippen LogP contribution in [0.2, 0.25) is 0 Å². The first-order valence-corrected chi connectivity index (χ1v) is 7.74. The van der Waals surface area contributed by atoms with E-state index >= 15 is 0 Å². The lowest BCUT2D eigenvalue weighted by Gasteiger charge is -2.07. The van der Waals surface area contributed by atoms with Crippen LogP contribution in [-0.2, 0) is 4.79 Å². The predicted molar refractivity (Wildman–Crippen MR) is 95.4 cm³/mol. The number of carbonyl (C=O) groups excluding carboxylic acids is 1. The van der Waals surface area contributed by atoms with Crippen LogP contribution in [0.1, 0.15) is 25.0 Å². The van der Waals surface area contributed by atoms with Crippen LogP contribution >= 0.6 is 0 Å². The van der Waals surface area contributed by atoms with Crippen LogP contribution < -0.4 is 14.2 Å². The lowest BCUT2D eigenvalue weighted by Crippen LogP contribution is -2.14. The molecule has 0 aliphatic heterocycles. The van der Waals surface area contributed by atoms with Crippen molar-refractivity contribution < 1.29 is 19.0 Å². The van der Waals surface area contributed by atoms with Gasteiger partial charge in [0.25, 0.3) is 0 Å². The third kappa shape index (κ3) is 4.88. The van der Waals surface area contributed by atoms with Gasteiger partial charge < -0.3 is 14.2 Å². The molecule has 0 bridgehead atoms. The molecule has 2 rings (SSSR count). The molecule has 0 spiro atoms. The number of esters is 1. The Morgan fingerprint density at radius 2 is 1.38 bits per heavy atom. The van der Waals surface area contributed by atoms with Crippen LogP contribution in [0, 0.1) is 5.92 Å². The van der Waals surface area contributed by atoms with Gasteiger partial charge in [0.15, 0.2) is 0 Å². The summed E-state index contributed by atoms with van der Waals surface area (Å²) in [6, 6.07) is 13.1. The first-order chi connectivity index (χ1) is 11.5. The summed E-state index contributed by atoms with van der Waals surface area (Å²) in [7, 11) is 3.25. The fourth-order valence-electron chi connectivity index (χ4n) is 2.00. The van der Waals surface area contributed by atoms with Crippen molar-refractivity contribution in [3.8, 4) is 17.2 Å². The smallest absolute Gasteiger partial charge is 0.313 e. The van der Waals surface area contributed by atoms with E-state index < -0.39 is 0 Å². The molecule has 0 unspecified atom stereocenters. The number of carbonyl (C=O) groups is 1. The van der Waals surface area contributed by atoms with Gasteiger partial charge in [0, 0.05) is 6.07 Å². The van der Waals surface area contributed by atoms with Crippen molar-refractivity contribution in [2.24, 2.45) is 5.92 Å². The Kier molecular flexibility index (Phi) is 6.01. The highest BCUT2D eigenvalue weighted by atomic mass is 16.5. The Hall–Kier alpha value is -2.75. The summed E-state index contributed by atoms with van der Waals surface area (Å²) in [5.41, 5.74) is 1.97. The Bertz CT molecular complexity index is 693. The van der Waals surface area contributed by atoms with Gasteiger partial charge >= 0.3 is 5.97 Å². The SMILES string of the molecule is COc1cc(/C=C/c2ccc(OC(=O)C(C)C)cc2)cc(OC)c1. The minimum Gasteiger partial charge on any atom is -0.497 e. The average Bonchev–Trinajstić information content (AvgIpc) is 2.60. The molecule has 0 radical (unpaired) electrons. The lowest BCUT2D eigenvalue weighted by molar-refractivity contribution is -0.137. The second-order valence-electron chi connectivity index (χ2n) is 5.62. The average molecular weight is 326 g/mol. The first-order valence-electron chi connectivity index (χ1n) is 7.74. The van der Waals surface area contributed by atoms with Crippen LogP contribution in [0.25, 0.3) is 12.2 Å². The highest BCUT2D eigenvalue weighted by Gasteiger charge is 2.09. The van der Waals surface area contributed by atoms with Gasteiger partial charge in [-0.05, 0) is 35.4 Å². The molecule has 0 N–H and O–H groups in total. The molecule has 2 aromatic rings. The summed E-state index contributed by atoms with van der Waals surface area (Å²) in [4.78, 5) is 11.6. The van der Waals surface area contributed by atoms with E-state index in [0.717, 1.165) is 22.6 Å². The van der Waals surface area contributed by atoms with Crippen molar-refractivity contribution >= 4 is 18.1 Å². The molecule has 0 aromatic heterocycles. The molecule has 126 valence electrons. The largest absolute Gasteiger partial charge is 0.497 e. The molecule has 0 saturated carbocycles. The molecule has 0 fully saturated rings. The molecule has 0 aliphatic carbocycles. The number of methoxy groups -OCH3 is 2. The van der Waals surface area contributed by atoms with E-state index in [4.69, 9.17) is 14.2 Å².